The fourth-order valence-electron chi connectivity index (χ4n) is 1.99. The molecule has 0 aliphatic rings. The van der Waals surface area contributed by atoms with Crippen molar-refractivity contribution < 1.29 is 0 Å². The van der Waals surface area contributed by atoms with E-state index < -0.39 is 0 Å². The van der Waals surface area contributed by atoms with Crippen molar-refractivity contribution in [2.45, 2.75) is 26.4 Å². The molecule has 1 aromatic carbocycles. The van der Waals surface area contributed by atoms with E-state index in [2.05, 4.69) is 70.8 Å². The first-order chi connectivity index (χ1) is 8.68. The van der Waals surface area contributed by atoms with E-state index in [0.717, 1.165) is 6.54 Å². The summed E-state index contributed by atoms with van der Waals surface area (Å²) in [6.07, 6.45) is 0. The van der Waals surface area contributed by atoms with Gasteiger partial charge in [0.2, 0.25) is 0 Å². The molecule has 0 aliphatic heterocycles. The molecular weight excluding hydrogens is 306 g/mol. The molecule has 1 atom stereocenters. The van der Waals surface area contributed by atoms with Crippen LogP contribution in [-0.4, -0.2) is 0 Å². The average Bonchev–Trinajstić information content (AvgIpc) is 2.85. The van der Waals surface area contributed by atoms with Crippen LogP contribution in [0.1, 0.15) is 30.3 Å². The number of rotatable bonds is 5. The SMILES string of the molecule is CC(C)C(NCc1ccccc1Br)c1cccs1. The molecule has 0 saturated carbocycles. The third-order valence-corrected chi connectivity index (χ3v) is 4.72. The van der Waals surface area contributed by atoms with Crippen molar-refractivity contribution >= 4 is 27.3 Å². The van der Waals surface area contributed by atoms with Crippen LogP contribution in [0.15, 0.2) is 46.3 Å². The van der Waals surface area contributed by atoms with Crippen LogP contribution in [0, 0.1) is 5.92 Å². The molecule has 0 radical (unpaired) electrons. The highest BCUT2D eigenvalue weighted by Crippen LogP contribution is 2.26. The molecule has 0 amide bonds. The quantitative estimate of drug-likeness (QED) is 0.816. The van der Waals surface area contributed by atoms with Crippen LogP contribution >= 0.6 is 27.3 Å². The Hall–Kier alpha value is -0.640. The predicted octanol–water partition coefficient (Wildman–Crippen LogP) is 5.00. The number of nitrogens with one attached hydrogen (secondary N) is 1. The lowest BCUT2D eigenvalue weighted by Crippen LogP contribution is -2.24. The first-order valence-electron chi connectivity index (χ1n) is 6.18. The Balaban J connectivity index is 2.05. The van der Waals surface area contributed by atoms with Gasteiger partial charge in [0.05, 0.1) is 0 Å². The summed E-state index contributed by atoms with van der Waals surface area (Å²) >= 11 is 5.42. The first kappa shape index (κ1) is 13.8. The molecular formula is C15H18BrNS. The highest BCUT2D eigenvalue weighted by molar-refractivity contribution is 9.10. The highest BCUT2D eigenvalue weighted by atomic mass is 79.9. The van der Waals surface area contributed by atoms with Crippen molar-refractivity contribution in [1.82, 2.24) is 5.32 Å². The van der Waals surface area contributed by atoms with Gasteiger partial charge in [-0.1, -0.05) is 54.0 Å². The Morgan fingerprint density at radius 1 is 1.17 bits per heavy atom. The summed E-state index contributed by atoms with van der Waals surface area (Å²) in [5.41, 5.74) is 1.31. The van der Waals surface area contributed by atoms with Crippen LogP contribution in [0.4, 0.5) is 0 Å². The lowest BCUT2D eigenvalue weighted by molar-refractivity contribution is 0.416. The Kier molecular flexibility index (Phi) is 4.98. The minimum Gasteiger partial charge on any atom is -0.305 e. The van der Waals surface area contributed by atoms with Crippen molar-refractivity contribution in [3.05, 3.63) is 56.7 Å². The van der Waals surface area contributed by atoms with Gasteiger partial charge < -0.3 is 5.32 Å². The van der Waals surface area contributed by atoms with E-state index in [1.165, 1.54) is 14.9 Å². The van der Waals surface area contributed by atoms with Gasteiger partial charge in [-0.15, -0.1) is 11.3 Å². The number of benzene rings is 1. The van der Waals surface area contributed by atoms with Gasteiger partial charge in [-0.2, -0.15) is 0 Å². The Morgan fingerprint density at radius 2 is 1.94 bits per heavy atom. The van der Waals surface area contributed by atoms with E-state index >= 15 is 0 Å². The molecule has 1 heterocycles. The molecule has 2 rings (SSSR count). The topological polar surface area (TPSA) is 12.0 Å². The normalized spacial score (nSPS) is 12.9. The van der Waals surface area contributed by atoms with Crippen molar-refractivity contribution in [2.75, 3.05) is 0 Å². The Morgan fingerprint density at radius 3 is 2.56 bits per heavy atom. The minimum atomic E-state index is 0.428. The molecule has 1 N–H and O–H groups in total. The molecule has 96 valence electrons. The van der Waals surface area contributed by atoms with Crippen LogP contribution in [0.3, 0.4) is 0 Å². The van der Waals surface area contributed by atoms with Crippen LogP contribution in [0.5, 0.6) is 0 Å². The van der Waals surface area contributed by atoms with E-state index in [1.54, 1.807) is 0 Å². The molecule has 1 aromatic heterocycles. The smallest absolute Gasteiger partial charge is 0.0440 e. The van der Waals surface area contributed by atoms with Gasteiger partial charge >= 0.3 is 0 Å². The summed E-state index contributed by atoms with van der Waals surface area (Å²) in [6, 6.07) is 13.1. The third-order valence-electron chi connectivity index (χ3n) is 2.99. The number of halogens is 1. The van der Waals surface area contributed by atoms with Crippen molar-refractivity contribution in [3.8, 4) is 0 Å². The molecule has 0 aliphatic carbocycles. The molecule has 3 heteroatoms. The summed E-state index contributed by atoms with van der Waals surface area (Å²) in [7, 11) is 0. The molecule has 0 fully saturated rings. The van der Waals surface area contributed by atoms with Crippen LogP contribution < -0.4 is 5.32 Å². The maximum atomic E-state index is 3.66. The predicted molar refractivity (Wildman–Crippen MR) is 82.9 cm³/mol. The zero-order valence-electron chi connectivity index (χ0n) is 10.7. The lowest BCUT2D eigenvalue weighted by atomic mass is 10.0. The third kappa shape index (κ3) is 3.44. The van der Waals surface area contributed by atoms with Crippen LogP contribution in [0.2, 0.25) is 0 Å². The van der Waals surface area contributed by atoms with E-state index in [0.29, 0.717) is 12.0 Å². The van der Waals surface area contributed by atoms with E-state index in [-0.39, 0.29) is 0 Å². The summed E-state index contributed by atoms with van der Waals surface area (Å²) in [4.78, 5) is 1.41. The molecule has 2 aromatic rings. The van der Waals surface area contributed by atoms with Gasteiger partial charge in [0, 0.05) is 21.9 Å². The van der Waals surface area contributed by atoms with E-state index in [1.807, 2.05) is 17.4 Å². The number of thiophene rings is 1. The van der Waals surface area contributed by atoms with E-state index in [4.69, 9.17) is 0 Å². The maximum absolute atomic E-state index is 3.66. The highest BCUT2D eigenvalue weighted by Gasteiger charge is 2.16. The minimum absolute atomic E-state index is 0.428. The van der Waals surface area contributed by atoms with Gasteiger partial charge in [-0.3, -0.25) is 0 Å². The molecule has 0 saturated heterocycles. The van der Waals surface area contributed by atoms with Gasteiger partial charge in [0.1, 0.15) is 0 Å². The Labute approximate surface area is 121 Å². The second kappa shape index (κ2) is 6.50. The Bertz CT molecular complexity index is 479. The monoisotopic (exact) mass is 323 g/mol. The molecule has 0 bridgehead atoms. The lowest BCUT2D eigenvalue weighted by Gasteiger charge is -2.21. The standard InChI is InChI=1S/C15H18BrNS/c1-11(2)15(14-8-5-9-18-14)17-10-12-6-3-4-7-13(12)16/h3-9,11,15,17H,10H2,1-2H3. The largest absolute Gasteiger partial charge is 0.305 e. The molecule has 1 unspecified atom stereocenters. The summed E-state index contributed by atoms with van der Waals surface area (Å²) < 4.78 is 1.17. The summed E-state index contributed by atoms with van der Waals surface area (Å²) in [5, 5.41) is 5.80. The summed E-state index contributed by atoms with van der Waals surface area (Å²) in [6.45, 7) is 5.41. The molecule has 1 nitrogen and oxygen atoms in total. The summed E-state index contributed by atoms with van der Waals surface area (Å²) in [5.74, 6) is 0.589. The molecule has 0 spiro atoms. The number of hydrogen-bond donors (Lipinski definition) is 1. The van der Waals surface area contributed by atoms with Gasteiger partial charge in [0.15, 0.2) is 0 Å². The van der Waals surface area contributed by atoms with Crippen molar-refractivity contribution in [2.24, 2.45) is 5.92 Å². The first-order valence-corrected chi connectivity index (χ1v) is 7.86. The van der Waals surface area contributed by atoms with Crippen molar-refractivity contribution in [1.29, 1.82) is 0 Å². The van der Waals surface area contributed by atoms with E-state index in [9.17, 15) is 0 Å². The fourth-order valence-corrected chi connectivity index (χ4v) is 3.39. The van der Waals surface area contributed by atoms with Crippen LogP contribution in [-0.2, 0) is 6.54 Å². The van der Waals surface area contributed by atoms with Crippen molar-refractivity contribution in [3.63, 3.8) is 0 Å². The van der Waals surface area contributed by atoms with Gasteiger partial charge in [0.25, 0.3) is 0 Å². The zero-order valence-corrected chi connectivity index (χ0v) is 13.1. The second-order valence-corrected chi connectivity index (χ2v) is 6.54. The fraction of sp³-hybridized carbons (Fsp3) is 0.333. The molecule has 18 heavy (non-hydrogen) atoms. The maximum Gasteiger partial charge on any atom is 0.0440 e. The second-order valence-electron chi connectivity index (χ2n) is 4.71. The van der Waals surface area contributed by atoms with Crippen LogP contribution in [0.25, 0.3) is 0 Å². The average molecular weight is 324 g/mol. The number of hydrogen-bond acceptors (Lipinski definition) is 2. The zero-order chi connectivity index (χ0) is 13.0. The van der Waals surface area contributed by atoms with Gasteiger partial charge in [-0.05, 0) is 29.0 Å². The van der Waals surface area contributed by atoms with Gasteiger partial charge in [-0.25, -0.2) is 0 Å².